The number of carbonyl (C=O) groups is 1. The molecule has 0 aliphatic heterocycles. The van der Waals surface area contributed by atoms with Gasteiger partial charge in [-0.2, -0.15) is 5.26 Å². The SMILES string of the molecule is C=CC(=O)OC(CC#N)OCC=Cc1c(-c2ccccc2)n(C)c2ccccc12. The molecule has 0 saturated heterocycles. The van der Waals surface area contributed by atoms with Crippen LogP contribution in [0.3, 0.4) is 0 Å². The van der Waals surface area contributed by atoms with Crippen molar-refractivity contribution in [3.05, 3.63) is 78.9 Å². The minimum atomic E-state index is -0.920. The maximum atomic E-state index is 11.4. The van der Waals surface area contributed by atoms with Crippen molar-refractivity contribution >= 4 is 22.9 Å². The molecule has 0 amide bonds. The van der Waals surface area contributed by atoms with Crippen molar-refractivity contribution in [2.45, 2.75) is 12.7 Å². The molecule has 0 radical (unpaired) electrons. The molecule has 0 N–H and O–H groups in total. The number of benzene rings is 2. The Labute approximate surface area is 170 Å². The van der Waals surface area contributed by atoms with E-state index < -0.39 is 12.3 Å². The van der Waals surface area contributed by atoms with Crippen LogP contribution in [0.1, 0.15) is 12.0 Å². The fourth-order valence-electron chi connectivity index (χ4n) is 3.25. The second kappa shape index (κ2) is 9.54. The molecule has 0 aliphatic carbocycles. The van der Waals surface area contributed by atoms with Gasteiger partial charge in [0.05, 0.1) is 24.8 Å². The molecular weight excluding hydrogens is 364 g/mol. The fourth-order valence-corrected chi connectivity index (χ4v) is 3.25. The van der Waals surface area contributed by atoms with Crippen molar-refractivity contribution in [3.8, 4) is 17.3 Å². The van der Waals surface area contributed by atoms with Crippen LogP contribution in [0.25, 0.3) is 28.2 Å². The number of hydrogen-bond acceptors (Lipinski definition) is 4. The molecule has 0 bridgehead atoms. The first-order chi connectivity index (χ1) is 14.2. The maximum absolute atomic E-state index is 11.4. The molecule has 5 heteroatoms. The first-order valence-electron chi connectivity index (χ1n) is 9.26. The summed E-state index contributed by atoms with van der Waals surface area (Å²) in [5.41, 5.74) is 4.44. The average molecular weight is 386 g/mol. The summed E-state index contributed by atoms with van der Waals surface area (Å²) in [7, 11) is 2.05. The summed E-state index contributed by atoms with van der Waals surface area (Å²) in [6.45, 7) is 3.55. The van der Waals surface area contributed by atoms with E-state index in [4.69, 9.17) is 14.7 Å². The zero-order valence-corrected chi connectivity index (χ0v) is 16.2. The lowest BCUT2D eigenvalue weighted by Crippen LogP contribution is -2.20. The van der Waals surface area contributed by atoms with Crippen LogP contribution in [0, 0.1) is 11.3 Å². The first kappa shape index (κ1) is 20.1. The molecule has 5 nitrogen and oxygen atoms in total. The van der Waals surface area contributed by atoms with Gasteiger partial charge in [-0.15, -0.1) is 0 Å². The topological polar surface area (TPSA) is 64.2 Å². The largest absolute Gasteiger partial charge is 0.431 e. The summed E-state index contributed by atoms with van der Waals surface area (Å²) in [6.07, 6.45) is 3.95. The van der Waals surface area contributed by atoms with Crippen LogP contribution in [0.2, 0.25) is 0 Å². The van der Waals surface area contributed by atoms with Gasteiger partial charge in [-0.3, -0.25) is 0 Å². The summed E-state index contributed by atoms with van der Waals surface area (Å²) < 4.78 is 12.7. The van der Waals surface area contributed by atoms with Crippen molar-refractivity contribution in [3.63, 3.8) is 0 Å². The molecule has 0 aliphatic rings. The third-order valence-electron chi connectivity index (χ3n) is 4.53. The number of aryl methyl sites for hydroxylation is 1. The van der Waals surface area contributed by atoms with E-state index in [0.29, 0.717) is 0 Å². The summed E-state index contributed by atoms with van der Waals surface area (Å²) in [5.74, 6) is -0.616. The molecule has 0 saturated carbocycles. The Morgan fingerprint density at radius 3 is 2.66 bits per heavy atom. The maximum Gasteiger partial charge on any atom is 0.332 e. The van der Waals surface area contributed by atoms with Gasteiger partial charge < -0.3 is 14.0 Å². The molecule has 0 spiro atoms. The molecule has 0 fully saturated rings. The predicted octanol–water partition coefficient (Wildman–Crippen LogP) is 4.84. The number of hydrogen-bond donors (Lipinski definition) is 0. The zero-order chi connectivity index (χ0) is 20.6. The number of para-hydroxylation sites is 1. The van der Waals surface area contributed by atoms with Gasteiger partial charge in [0.15, 0.2) is 0 Å². The second-order valence-corrected chi connectivity index (χ2v) is 6.37. The number of carbonyl (C=O) groups excluding carboxylic acids is 1. The molecule has 1 atom stereocenters. The Morgan fingerprint density at radius 1 is 1.21 bits per heavy atom. The molecule has 1 unspecified atom stereocenters. The van der Waals surface area contributed by atoms with Crippen molar-refractivity contribution in [1.82, 2.24) is 4.57 Å². The van der Waals surface area contributed by atoms with E-state index in [0.717, 1.165) is 33.8 Å². The standard InChI is InChI=1S/C24H22N2O3/c1-3-22(27)29-23(15-16-25)28-17-9-13-20-19-12-7-8-14-21(19)26(2)24(20)18-10-5-4-6-11-18/h3-14,23H,1,15,17H2,2H3. The second-order valence-electron chi connectivity index (χ2n) is 6.37. The number of ether oxygens (including phenoxy) is 2. The van der Waals surface area contributed by atoms with Crippen molar-refractivity contribution in [1.29, 1.82) is 5.26 Å². The molecular formula is C24H22N2O3. The normalized spacial score (nSPS) is 12.0. The quantitative estimate of drug-likeness (QED) is 0.316. The Morgan fingerprint density at radius 2 is 1.93 bits per heavy atom. The monoisotopic (exact) mass is 386 g/mol. The highest BCUT2D eigenvalue weighted by atomic mass is 16.7. The van der Waals surface area contributed by atoms with E-state index in [-0.39, 0.29) is 13.0 Å². The highest BCUT2D eigenvalue weighted by molar-refractivity contribution is 5.97. The predicted molar refractivity (Wildman–Crippen MR) is 114 cm³/mol. The summed E-state index contributed by atoms with van der Waals surface area (Å²) >= 11 is 0. The number of rotatable bonds is 8. The molecule has 29 heavy (non-hydrogen) atoms. The number of aromatic nitrogens is 1. The van der Waals surface area contributed by atoms with E-state index in [2.05, 4.69) is 42.5 Å². The lowest BCUT2D eigenvalue weighted by Gasteiger charge is -2.13. The Bertz CT molecular complexity index is 1070. The number of nitriles is 1. The molecule has 2 aromatic carbocycles. The van der Waals surface area contributed by atoms with Crippen molar-refractivity contribution < 1.29 is 14.3 Å². The van der Waals surface area contributed by atoms with E-state index in [1.54, 1.807) is 0 Å². The van der Waals surface area contributed by atoms with E-state index >= 15 is 0 Å². The van der Waals surface area contributed by atoms with Gasteiger partial charge in [-0.05, 0) is 11.6 Å². The third-order valence-corrected chi connectivity index (χ3v) is 4.53. The van der Waals surface area contributed by atoms with Gasteiger partial charge in [0.25, 0.3) is 0 Å². The van der Waals surface area contributed by atoms with Crippen LogP contribution >= 0.6 is 0 Å². The smallest absolute Gasteiger partial charge is 0.332 e. The minimum absolute atomic E-state index is 0.0447. The van der Waals surface area contributed by atoms with Gasteiger partial charge in [0, 0.05) is 29.6 Å². The van der Waals surface area contributed by atoms with Gasteiger partial charge >= 0.3 is 5.97 Å². The van der Waals surface area contributed by atoms with Crippen LogP contribution in [0.5, 0.6) is 0 Å². The van der Waals surface area contributed by atoms with Crippen LogP contribution in [-0.2, 0) is 21.3 Å². The summed E-state index contributed by atoms with van der Waals surface area (Å²) in [4.78, 5) is 11.4. The highest BCUT2D eigenvalue weighted by Crippen LogP contribution is 2.33. The molecule has 146 valence electrons. The number of fused-ring (bicyclic) bond motifs is 1. The average Bonchev–Trinajstić information content (AvgIpc) is 3.03. The van der Waals surface area contributed by atoms with E-state index in [9.17, 15) is 4.79 Å². The summed E-state index contributed by atoms with van der Waals surface area (Å²) in [6, 6.07) is 20.4. The molecule has 1 aromatic heterocycles. The molecule has 1 heterocycles. The Balaban J connectivity index is 1.87. The Hall–Kier alpha value is -3.62. The lowest BCUT2D eigenvalue weighted by molar-refractivity contribution is -0.169. The zero-order valence-electron chi connectivity index (χ0n) is 16.2. The van der Waals surface area contributed by atoms with Gasteiger partial charge in [0.1, 0.15) is 0 Å². The van der Waals surface area contributed by atoms with E-state index in [1.165, 1.54) is 0 Å². The third kappa shape index (κ3) is 4.63. The van der Waals surface area contributed by atoms with Crippen LogP contribution in [-0.4, -0.2) is 23.4 Å². The molecule has 3 aromatic rings. The van der Waals surface area contributed by atoms with Crippen LogP contribution in [0.4, 0.5) is 0 Å². The highest BCUT2D eigenvalue weighted by Gasteiger charge is 2.15. The first-order valence-corrected chi connectivity index (χ1v) is 9.26. The van der Waals surface area contributed by atoms with Crippen molar-refractivity contribution in [2.75, 3.05) is 6.61 Å². The van der Waals surface area contributed by atoms with Crippen molar-refractivity contribution in [2.24, 2.45) is 7.05 Å². The van der Waals surface area contributed by atoms with Gasteiger partial charge in [-0.1, -0.05) is 67.3 Å². The van der Waals surface area contributed by atoms with Gasteiger partial charge in [-0.25, -0.2) is 4.79 Å². The van der Waals surface area contributed by atoms with Gasteiger partial charge in [0.2, 0.25) is 6.29 Å². The Kier molecular flexibility index (Phi) is 6.62. The van der Waals surface area contributed by atoms with Crippen LogP contribution < -0.4 is 0 Å². The number of esters is 1. The molecule has 3 rings (SSSR count). The van der Waals surface area contributed by atoms with E-state index in [1.807, 2.05) is 48.6 Å². The van der Waals surface area contributed by atoms with Crippen LogP contribution in [0.15, 0.2) is 73.3 Å². The lowest BCUT2D eigenvalue weighted by atomic mass is 10.0. The minimum Gasteiger partial charge on any atom is -0.431 e. The fraction of sp³-hybridized carbons (Fsp3) is 0.167. The summed E-state index contributed by atoms with van der Waals surface area (Å²) in [5, 5.41) is 10.0. The number of nitrogens with zero attached hydrogens (tertiary/aromatic N) is 2.